The summed E-state index contributed by atoms with van der Waals surface area (Å²) in [6.45, 7) is 0. The van der Waals surface area contributed by atoms with Crippen molar-refractivity contribution in [3.8, 4) is 28.3 Å². The molecule has 0 saturated carbocycles. The first-order valence-electron chi connectivity index (χ1n) is 14.1. The van der Waals surface area contributed by atoms with Crippen LogP contribution >= 0.6 is 11.3 Å². The smallest absolute Gasteiger partial charge is 0.235 e. The lowest BCUT2D eigenvalue weighted by Gasteiger charge is -2.12. The van der Waals surface area contributed by atoms with Crippen LogP contribution < -0.4 is 0 Å². The number of hydrogen-bond donors (Lipinski definition) is 0. The van der Waals surface area contributed by atoms with Gasteiger partial charge in [-0.1, -0.05) is 109 Å². The Morgan fingerprint density at radius 3 is 2.05 bits per heavy atom. The highest BCUT2D eigenvalue weighted by atomic mass is 32.1. The highest BCUT2D eigenvalue weighted by Gasteiger charge is 2.17. The van der Waals surface area contributed by atoms with E-state index in [9.17, 15) is 0 Å². The van der Waals surface area contributed by atoms with E-state index in [1.165, 1.54) is 47.5 Å². The van der Waals surface area contributed by atoms with Crippen LogP contribution in [0.5, 0.6) is 0 Å². The molecular formula is C38H23N3S. The van der Waals surface area contributed by atoms with E-state index < -0.39 is 0 Å². The van der Waals surface area contributed by atoms with Gasteiger partial charge in [0.2, 0.25) is 5.95 Å². The topological polar surface area (TPSA) is 30.7 Å². The van der Waals surface area contributed by atoms with Gasteiger partial charge < -0.3 is 0 Å². The lowest BCUT2D eigenvalue weighted by Crippen LogP contribution is -2.02. The monoisotopic (exact) mass is 553 g/mol. The Hall–Kier alpha value is -5.32. The number of fused-ring (bicyclic) bond motifs is 6. The Bertz CT molecular complexity index is 2460. The van der Waals surface area contributed by atoms with Gasteiger partial charge in [-0.25, -0.2) is 9.97 Å². The second kappa shape index (κ2) is 9.10. The van der Waals surface area contributed by atoms with E-state index in [1.807, 2.05) is 17.4 Å². The first-order valence-corrected chi connectivity index (χ1v) is 14.9. The van der Waals surface area contributed by atoms with Crippen LogP contribution in [0.2, 0.25) is 0 Å². The van der Waals surface area contributed by atoms with E-state index in [-0.39, 0.29) is 0 Å². The molecule has 4 heteroatoms. The fourth-order valence-corrected chi connectivity index (χ4v) is 7.33. The van der Waals surface area contributed by atoms with Gasteiger partial charge in [-0.05, 0) is 56.9 Å². The highest BCUT2D eigenvalue weighted by molar-refractivity contribution is 7.25. The third-order valence-corrected chi connectivity index (χ3v) is 9.35. The summed E-state index contributed by atoms with van der Waals surface area (Å²) in [5.74, 6) is 0.685. The van der Waals surface area contributed by atoms with E-state index in [2.05, 4.69) is 138 Å². The maximum atomic E-state index is 5.22. The summed E-state index contributed by atoms with van der Waals surface area (Å²) in [6, 6.07) is 47.5. The molecule has 3 aromatic heterocycles. The molecule has 0 aliphatic carbocycles. The van der Waals surface area contributed by atoms with Crippen LogP contribution in [0.15, 0.2) is 140 Å². The molecule has 6 aromatic carbocycles. The second-order valence-corrected chi connectivity index (χ2v) is 11.8. The predicted octanol–water partition coefficient (Wildman–Crippen LogP) is 10.4. The minimum absolute atomic E-state index is 0.685. The second-order valence-electron chi connectivity index (χ2n) is 10.7. The zero-order valence-corrected chi connectivity index (χ0v) is 23.3. The summed E-state index contributed by atoms with van der Waals surface area (Å²) in [4.78, 5) is 10.3. The van der Waals surface area contributed by atoms with Crippen molar-refractivity contribution >= 4 is 64.1 Å². The molecule has 3 nitrogen and oxygen atoms in total. The minimum atomic E-state index is 0.685. The standard InChI is InChI=1S/C38H23N3S/c1-2-10-28-23-35-32(22-27(28)9-1)37-34(42-35)20-21-41(37)38-39-33-15-6-5-13-31(33)36(40-38)26-18-16-25(17-19-26)30-14-7-11-24-8-3-4-12-29(24)30/h1-23H. The quantitative estimate of drug-likeness (QED) is 0.218. The molecule has 0 amide bonds. The molecule has 42 heavy (non-hydrogen) atoms. The van der Waals surface area contributed by atoms with Crippen LogP contribution in [-0.2, 0) is 0 Å². The average Bonchev–Trinajstić information content (AvgIpc) is 3.62. The van der Waals surface area contributed by atoms with Crippen LogP contribution in [-0.4, -0.2) is 14.5 Å². The summed E-state index contributed by atoms with van der Waals surface area (Å²) >= 11 is 1.82. The first-order chi connectivity index (χ1) is 20.8. The normalized spacial score (nSPS) is 11.8. The number of hydrogen-bond acceptors (Lipinski definition) is 3. The molecule has 0 aliphatic rings. The van der Waals surface area contributed by atoms with Gasteiger partial charge in [-0.15, -0.1) is 11.3 Å². The minimum Gasteiger partial charge on any atom is -0.284 e. The number of thiophene rings is 1. The van der Waals surface area contributed by atoms with Gasteiger partial charge in [-0.2, -0.15) is 0 Å². The fraction of sp³-hybridized carbons (Fsp3) is 0. The van der Waals surface area contributed by atoms with Crippen LogP contribution in [0, 0.1) is 0 Å². The summed E-state index contributed by atoms with van der Waals surface area (Å²) in [5.41, 5.74) is 6.53. The van der Waals surface area contributed by atoms with Crippen molar-refractivity contribution in [1.82, 2.24) is 14.5 Å². The molecule has 0 fully saturated rings. The summed E-state index contributed by atoms with van der Waals surface area (Å²) < 4.78 is 4.67. The van der Waals surface area contributed by atoms with Crippen molar-refractivity contribution in [1.29, 1.82) is 0 Å². The van der Waals surface area contributed by atoms with Gasteiger partial charge in [-0.3, -0.25) is 4.57 Å². The van der Waals surface area contributed by atoms with Crippen LogP contribution in [0.25, 0.3) is 81.1 Å². The molecule has 0 aliphatic heterocycles. The van der Waals surface area contributed by atoms with Gasteiger partial charge in [0.25, 0.3) is 0 Å². The SMILES string of the molecule is c1ccc2cc3c(cc2c1)sc1ccn(-c2nc(-c4ccc(-c5cccc6ccccc56)cc4)c4ccccc4n2)c13. The van der Waals surface area contributed by atoms with Crippen LogP contribution in [0.3, 0.4) is 0 Å². The first kappa shape index (κ1) is 23.4. The van der Waals surface area contributed by atoms with Crippen molar-refractivity contribution in [3.05, 3.63) is 140 Å². The fourth-order valence-electron chi connectivity index (χ4n) is 6.21. The van der Waals surface area contributed by atoms with Gasteiger partial charge in [0.1, 0.15) is 0 Å². The van der Waals surface area contributed by atoms with Gasteiger partial charge in [0, 0.05) is 27.2 Å². The average molecular weight is 554 g/mol. The van der Waals surface area contributed by atoms with Crippen molar-refractivity contribution in [2.24, 2.45) is 0 Å². The maximum absolute atomic E-state index is 5.22. The van der Waals surface area contributed by atoms with Crippen molar-refractivity contribution in [2.75, 3.05) is 0 Å². The lowest BCUT2D eigenvalue weighted by atomic mass is 9.96. The Balaban J connectivity index is 1.22. The third-order valence-electron chi connectivity index (χ3n) is 8.24. The van der Waals surface area contributed by atoms with Gasteiger partial charge in [0.05, 0.1) is 21.4 Å². The summed E-state index contributed by atoms with van der Waals surface area (Å²) in [5, 5.41) is 7.29. The van der Waals surface area contributed by atoms with E-state index in [4.69, 9.17) is 9.97 Å². The zero-order valence-electron chi connectivity index (χ0n) is 22.5. The number of rotatable bonds is 3. The molecule has 3 heterocycles. The largest absolute Gasteiger partial charge is 0.284 e. The zero-order chi connectivity index (χ0) is 27.6. The number of aromatic nitrogens is 3. The molecule has 0 bridgehead atoms. The van der Waals surface area contributed by atoms with Crippen LogP contribution in [0.1, 0.15) is 0 Å². The molecule has 0 spiro atoms. The molecule has 0 radical (unpaired) electrons. The van der Waals surface area contributed by atoms with Crippen molar-refractivity contribution in [2.45, 2.75) is 0 Å². The molecule has 0 unspecified atom stereocenters. The number of benzene rings is 6. The predicted molar refractivity (Wildman–Crippen MR) is 178 cm³/mol. The summed E-state index contributed by atoms with van der Waals surface area (Å²) in [6.07, 6.45) is 2.10. The lowest BCUT2D eigenvalue weighted by molar-refractivity contribution is 0.987. The highest BCUT2D eigenvalue weighted by Crippen LogP contribution is 2.39. The molecule has 9 rings (SSSR count). The van der Waals surface area contributed by atoms with Crippen molar-refractivity contribution in [3.63, 3.8) is 0 Å². The molecule has 9 aromatic rings. The molecule has 196 valence electrons. The third kappa shape index (κ3) is 3.59. The molecule has 0 N–H and O–H groups in total. The number of para-hydroxylation sites is 1. The Kier molecular flexibility index (Phi) is 5.07. The summed E-state index contributed by atoms with van der Waals surface area (Å²) in [7, 11) is 0. The van der Waals surface area contributed by atoms with E-state index in [1.54, 1.807) is 0 Å². The van der Waals surface area contributed by atoms with Crippen LogP contribution in [0.4, 0.5) is 0 Å². The van der Waals surface area contributed by atoms with Crippen molar-refractivity contribution < 1.29 is 0 Å². The van der Waals surface area contributed by atoms with Gasteiger partial charge >= 0.3 is 0 Å². The molecule has 0 atom stereocenters. The van der Waals surface area contributed by atoms with E-state index >= 15 is 0 Å². The Labute approximate surface area is 246 Å². The Morgan fingerprint density at radius 1 is 0.500 bits per heavy atom. The van der Waals surface area contributed by atoms with E-state index in [0.717, 1.165) is 27.7 Å². The molecule has 0 saturated heterocycles. The number of nitrogens with zero attached hydrogens (tertiary/aromatic N) is 3. The van der Waals surface area contributed by atoms with E-state index in [0.29, 0.717) is 5.95 Å². The van der Waals surface area contributed by atoms with Gasteiger partial charge in [0.15, 0.2) is 0 Å². The Morgan fingerprint density at radius 2 is 1.19 bits per heavy atom. The molecular weight excluding hydrogens is 531 g/mol. The maximum Gasteiger partial charge on any atom is 0.235 e.